The van der Waals surface area contributed by atoms with Crippen LogP contribution >= 0.6 is 79.4 Å². The molecule has 150 heavy (non-hydrogen) atoms. The van der Waals surface area contributed by atoms with Crippen molar-refractivity contribution < 1.29 is 124 Å². The minimum atomic E-state index is -0.244. The van der Waals surface area contributed by atoms with Gasteiger partial charge in [0.1, 0.15) is 52.0 Å². The van der Waals surface area contributed by atoms with Crippen molar-refractivity contribution in [3.8, 4) is 69.0 Å². The summed E-state index contributed by atoms with van der Waals surface area (Å²) >= 11 is 10.0. The van der Waals surface area contributed by atoms with Gasteiger partial charge in [0.05, 0.1) is 125 Å². The van der Waals surface area contributed by atoms with Crippen molar-refractivity contribution >= 4 is 243 Å². The minimum absolute atomic E-state index is 0.00293. The van der Waals surface area contributed by atoms with Crippen LogP contribution in [0.4, 0.5) is 5.69 Å². The lowest BCUT2D eigenvalue weighted by Crippen LogP contribution is -2.21. The lowest BCUT2D eigenvalue weighted by atomic mass is 9.87. The Bertz CT molecular complexity index is 6990. The third-order valence-corrected chi connectivity index (χ3v) is 33.7. The summed E-state index contributed by atoms with van der Waals surface area (Å²) in [6, 6.07) is 39.5. The van der Waals surface area contributed by atoms with Gasteiger partial charge in [0.15, 0.2) is 98.0 Å². The molecule has 0 radical (unpaired) electrons. The molecule has 1 N–H and O–H groups in total. The zero-order chi connectivity index (χ0) is 110. The number of Topliss-reactive ketones (excluding diaryl/α,β-unsaturated/α-hetero) is 14. The molecule has 7 aromatic carbocycles. The molecule has 0 saturated heterocycles. The topological polar surface area (TPSA) is 362 Å². The summed E-state index contributed by atoms with van der Waals surface area (Å²) in [7, 11) is 20.9. The van der Waals surface area contributed by atoms with Gasteiger partial charge in [0.2, 0.25) is 0 Å². The number of benzene rings is 7. The van der Waals surface area contributed by atoms with Crippen LogP contribution in [0.1, 0.15) is 226 Å². The number of hydrogen-bond acceptors (Lipinski definition) is 34. The van der Waals surface area contributed by atoms with Gasteiger partial charge in [-0.3, -0.25) is 57.5 Å². The molecule has 7 heterocycles. The number of methoxy groups -OCH3 is 12. The summed E-state index contributed by atoms with van der Waals surface area (Å²) in [5.74, 6) is 8.21. The SMILES string of the molecule is C=Cc1cc2sc(C(=O)CCC(C)=O)cc2cc1OC.CCC(CC(=O)c1cc2cc(OC)c(OC)cc2s1)C(C)=O.CNc1cc2cc(C(=O)CCC(C)=O)sc2cc1OC.COc1cc2cc(C(=O)C3CC3C(C)=O)sc2cc1OC.COc1cc2cc(C(=O)CC(C(C)=O)C(C)C)sc2cc1OC.COc1cc2cc(C(=O)CC(C(C)=O)C3CC3)sc2cc1OC.COc1cc2cc(C(=O)C[C@H](C)C(C)=O)sc2cc1OC. The lowest BCUT2D eigenvalue weighted by molar-refractivity contribution is -0.122. The molecule has 7 aromatic heterocycles. The summed E-state index contributed by atoms with van der Waals surface area (Å²) < 4.78 is 70.3. The fraction of sp³-hybridized carbons (Fsp3) is 0.379. The largest absolute Gasteiger partial charge is 0.496 e. The van der Waals surface area contributed by atoms with E-state index in [2.05, 4.69) is 11.9 Å². The number of thiophene rings is 7. The van der Waals surface area contributed by atoms with E-state index in [-0.39, 0.29) is 154 Å². The predicted octanol–water partition coefficient (Wildman–Crippen LogP) is 27.2. The Kier molecular flexibility index (Phi) is 43.5. The third-order valence-electron chi connectivity index (χ3n) is 25.8. The predicted molar refractivity (Wildman–Crippen MR) is 602 cm³/mol. The van der Waals surface area contributed by atoms with Gasteiger partial charge in [0, 0.05) is 169 Å². The second-order valence-electron chi connectivity index (χ2n) is 36.6. The Morgan fingerprint density at radius 2 is 0.620 bits per heavy atom. The Balaban J connectivity index is 0.000000179. The van der Waals surface area contributed by atoms with E-state index >= 15 is 0 Å². The van der Waals surface area contributed by atoms with Crippen LogP contribution in [0.3, 0.4) is 0 Å². The number of rotatable bonds is 44. The fourth-order valence-electron chi connectivity index (χ4n) is 16.6. The van der Waals surface area contributed by atoms with Crippen molar-refractivity contribution in [3.63, 3.8) is 0 Å². The molecular formula is C116H129NO26S7. The van der Waals surface area contributed by atoms with Crippen molar-refractivity contribution in [2.24, 2.45) is 47.3 Å². The number of carbonyl (C=O) groups is 14. The quantitative estimate of drug-likeness (QED) is 0.0347. The van der Waals surface area contributed by atoms with Gasteiger partial charge < -0.3 is 71.7 Å². The maximum Gasteiger partial charge on any atom is 0.176 e. The van der Waals surface area contributed by atoms with Crippen LogP contribution in [0.15, 0.2) is 134 Å². The average molecular weight is 2180 g/mol. The molecule has 0 bridgehead atoms. The fourth-order valence-corrected chi connectivity index (χ4v) is 23.8. The van der Waals surface area contributed by atoms with Gasteiger partial charge in [0.25, 0.3) is 0 Å². The minimum Gasteiger partial charge on any atom is -0.496 e. The molecular weight excluding hydrogens is 2050 g/mol. The lowest BCUT2D eigenvalue weighted by Gasteiger charge is -2.16. The first-order valence-corrected chi connectivity index (χ1v) is 54.3. The second kappa shape index (κ2) is 55.0. The van der Waals surface area contributed by atoms with Crippen LogP contribution in [0.2, 0.25) is 0 Å². The molecule has 16 rings (SSSR count). The molecule has 2 fully saturated rings. The van der Waals surface area contributed by atoms with Crippen molar-refractivity contribution in [1.82, 2.24) is 0 Å². The van der Waals surface area contributed by atoms with Crippen LogP contribution in [0.25, 0.3) is 76.7 Å². The highest BCUT2D eigenvalue weighted by atomic mass is 32.1. The van der Waals surface area contributed by atoms with Gasteiger partial charge in [-0.1, -0.05) is 40.3 Å². The molecule has 2 aliphatic carbocycles. The molecule has 34 heteroatoms. The highest BCUT2D eigenvalue weighted by Gasteiger charge is 2.47. The molecule has 0 amide bonds. The Hall–Kier alpha value is -13.2. The van der Waals surface area contributed by atoms with E-state index in [1.807, 2.05) is 155 Å². The smallest absolute Gasteiger partial charge is 0.176 e. The second-order valence-corrected chi connectivity index (χ2v) is 44.2. The van der Waals surface area contributed by atoms with Gasteiger partial charge in [-0.2, -0.15) is 0 Å². The highest BCUT2D eigenvalue weighted by molar-refractivity contribution is 7.23. The zero-order valence-electron chi connectivity index (χ0n) is 89.0. The van der Waals surface area contributed by atoms with E-state index in [9.17, 15) is 67.1 Å². The monoisotopic (exact) mass is 2180 g/mol. The highest BCUT2D eigenvalue weighted by Crippen LogP contribution is 2.48. The molecule has 5 unspecified atom stereocenters. The molecule has 0 spiro atoms. The first kappa shape index (κ1) is 119. The van der Waals surface area contributed by atoms with Crippen molar-refractivity contribution in [2.45, 2.75) is 153 Å². The van der Waals surface area contributed by atoms with Crippen LogP contribution in [0, 0.1) is 47.3 Å². The summed E-state index contributed by atoms with van der Waals surface area (Å²) in [4.78, 5) is 170. The first-order chi connectivity index (χ1) is 71.5. The number of fused-ring (bicyclic) bond motifs is 7. The first-order valence-electron chi connectivity index (χ1n) is 48.6. The van der Waals surface area contributed by atoms with Crippen molar-refractivity contribution in [3.05, 3.63) is 174 Å². The summed E-state index contributed by atoms with van der Waals surface area (Å²) in [6.07, 6.45) is 7.49. The summed E-state index contributed by atoms with van der Waals surface area (Å²) in [5.41, 5.74) is 1.80. The molecule has 14 aromatic rings. The van der Waals surface area contributed by atoms with E-state index in [1.54, 1.807) is 126 Å². The van der Waals surface area contributed by atoms with Crippen LogP contribution in [-0.2, 0) is 33.6 Å². The van der Waals surface area contributed by atoms with Crippen molar-refractivity contribution in [1.29, 1.82) is 0 Å². The maximum absolute atomic E-state index is 12.6. The van der Waals surface area contributed by atoms with E-state index in [1.165, 1.54) is 100 Å². The van der Waals surface area contributed by atoms with Gasteiger partial charge in [-0.25, -0.2) is 0 Å². The Labute approximate surface area is 900 Å². The Morgan fingerprint density at radius 3 is 0.900 bits per heavy atom. The van der Waals surface area contributed by atoms with E-state index in [0.29, 0.717) is 130 Å². The number of anilines is 1. The maximum atomic E-state index is 12.6. The Morgan fingerprint density at radius 1 is 0.327 bits per heavy atom. The zero-order valence-corrected chi connectivity index (χ0v) is 94.7. The third kappa shape index (κ3) is 30.8. The van der Waals surface area contributed by atoms with Crippen LogP contribution in [0.5, 0.6) is 69.0 Å². The number of carbonyl (C=O) groups excluding carboxylic acids is 14. The van der Waals surface area contributed by atoms with Crippen molar-refractivity contribution in [2.75, 3.05) is 97.7 Å². The van der Waals surface area contributed by atoms with Gasteiger partial charge in [-0.05, 0) is 215 Å². The molecule has 27 nitrogen and oxygen atoms in total. The average Bonchev–Trinajstić information content (AvgIpc) is 1.62. The molecule has 2 aliphatic rings. The van der Waals surface area contributed by atoms with E-state index < -0.39 is 0 Å². The molecule has 796 valence electrons. The number of nitrogens with one attached hydrogen (secondary N) is 1. The van der Waals surface area contributed by atoms with Crippen LogP contribution < -0.4 is 62.2 Å². The summed E-state index contributed by atoms with van der Waals surface area (Å²) in [6.45, 7) is 22.2. The molecule has 0 aliphatic heterocycles. The van der Waals surface area contributed by atoms with Crippen LogP contribution in [-0.4, -0.2) is 173 Å². The summed E-state index contributed by atoms with van der Waals surface area (Å²) in [5, 5.41) is 9.80. The number of hydrogen-bond donors (Lipinski definition) is 1. The standard InChI is InChI=1S/C18H20O4S.C18H22O4S.C17H20O4S.C16H16O4S.C16H18O4S.C16H16O3S.C15H17NO3S/c1-10(19)13(11-4-5-11)8-14(20)18-7-12-6-15(21-2)16(22-3)9-17(12)23-18;1-10(2)13(11(3)19)8-14(20)18-7-12-6-15(21-4)16(22-5)9-17(12)23-18;1-5-11(10(2)18)6-13(19)17-8-12-7-14(20-3)15(21-4)9-16(12)22-17;1-8(17)10-6-11(10)16(18)15-5-9-4-12(19-2)13(20-3)7-14(9)21-15;1-9(10(2)17)5-12(18)16-7-11-6-13(19-3)14(20-4)8-15(11)21-16;1-4-11-8-15-12(7-14(11)19-3)9-16(20-15)13(18)6-5-10(2)17;1-9(17)4-5-12(18)15-7-10-6-11(16-2)13(19-3)8-14(10)20-15/h6-7,9,11,13H,4-5,8H2,1-3H3;6-7,9-10,13H,8H2,1-5H3;7-9,11H,5-6H2,1-4H3;4-5,7,10-11H,6H2,1-3H3;6-9H,5H2,1-4H3;4,7-9H,1,5-6H2,2-3H3;6-8,16H,4-5H2,1-3H3/t;;;;9-;;/m....0../s1. The van der Waals surface area contributed by atoms with Gasteiger partial charge in [-0.15, -0.1) is 79.4 Å². The normalized spacial score (nSPS) is 13.4. The van der Waals surface area contributed by atoms with E-state index in [0.717, 1.165) is 106 Å². The number of ketones is 14. The number of ether oxygens (including phenoxy) is 12. The molecule has 2 saturated carbocycles. The van der Waals surface area contributed by atoms with Gasteiger partial charge >= 0.3 is 0 Å². The van der Waals surface area contributed by atoms with E-state index in [4.69, 9.17) is 56.8 Å². The molecule has 6 atom stereocenters.